The standard InChI is InChI=1S/C12H18N6O2/c1-8(2)3-9(4-12(19)20)5-14-10-6-13-7-11-15-16-17-18(10)11/h6-9,14H,3-5H2,1-2H3,(H,19,20). The maximum absolute atomic E-state index is 10.9. The van der Waals surface area contributed by atoms with Crippen LogP contribution < -0.4 is 5.32 Å². The number of carboxylic acids is 1. The highest BCUT2D eigenvalue weighted by Gasteiger charge is 2.15. The number of hydrogen-bond donors (Lipinski definition) is 2. The number of rotatable bonds is 7. The van der Waals surface area contributed by atoms with Crippen LogP contribution >= 0.6 is 0 Å². The van der Waals surface area contributed by atoms with Crippen LogP contribution in [0.15, 0.2) is 12.4 Å². The lowest BCUT2D eigenvalue weighted by molar-refractivity contribution is -0.138. The van der Waals surface area contributed by atoms with Crippen molar-refractivity contribution in [2.75, 3.05) is 11.9 Å². The molecular formula is C12H18N6O2. The van der Waals surface area contributed by atoms with Gasteiger partial charge in [-0.3, -0.25) is 9.78 Å². The first-order chi connectivity index (χ1) is 9.56. The molecule has 8 nitrogen and oxygen atoms in total. The number of tetrazole rings is 1. The molecule has 0 aliphatic rings. The highest BCUT2D eigenvalue weighted by molar-refractivity contribution is 5.67. The van der Waals surface area contributed by atoms with Gasteiger partial charge in [0.15, 0.2) is 5.65 Å². The molecule has 1 unspecified atom stereocenters. The summed E-state index contributed by atoms with van der Waals surface area (Å²) in [4.78, 5) is 14.9. The number of carboxylic acid groups (broad SMARTS) is 1. The predicted molar refractivity (Wildman–Crippen MR) is 72.3 cm³/mol. The van der Waals surface area contributed by atoms with Crippen molar-refractivity contribution in [1.82, 2.24) is 25.0 Å². The van der Waals surface area contributed by atoms with E-state index in [1.165, 1.54) is 0 Å². The van der Waals surface area contributed by atoms with Crippen LogP contribution in [0.5, 0.6) is 0 Å². The average molecular weight is 278 g/mol. The minimum atomic E-state index is -0.781. The van der Waals surface area contributed by atoms with Gasteiger partial charge in [0.25, 0.3) is 0 Å². The first kappa shape index (κ1) is 14.2. The van der Waals surface area contributed by atoms with Crippen LogP contribution in [-0.2, 0) is 4.79 Å². The molecule has 2 aromatic heterocycles. The number of aliphatic carboxylic acids is 1. The summed E-state index contributed by atoms with van der Waals surface area (Å²) in [5.41, 5.74) is 0.550. The van der Waals surface area contributed by atoms with Gasteiger partial charge in [-0.15, -0.1) is 5.10 Å². The Morgan fingerprint density at radius 3 is 2.95 bits per heavy atom. The molecule has 0 aromatic carbocycles. The minimum Gasteiger partial charge on any atom is -0.481 e. The molecule has 2 heterocycles. The summed E-state index contributed by atoms with van der Waals surface area (Å²) in [5, 5.41) is 23.4. The Balaban J connectivity index is 2.04. The maximum Gasteiger partial charge on any atom is 0.303 e. The molecule has 0 aliphatic heterocycles. The molecule has 0 bridgehead atoms. The lowest BCUT2D eigenvalue weighted by Crippen LogP contribution is -2.21. The molecule has 20 heavy (non-hydrogen) atoms. The van der Waals surface area contributed by atoms with Crippen molar-refractivity contribution in [2.24, 2.45) is 11.8 Å². The van der Waals surface area contributed by atoms with Gasteiger partial charge in [-0.1, -0.05) is 13.8 Å². The van der Waals surface area contributed by atoms with E-state index in [1.807, 2.05) is 0 Å². The van der Waals surface area contributed by atoms with Crippen LogP contribution in [-0.4, -0.2) is 42.6 Å². The van der Waals surface area contributed by atoms with Crippen LogP contribution in [0.25, 0.3) is 5.65 Å². The monoisotopic (exact) mass is 278 g/mol. The number of nitrogens with zero attached hydrogens (tertiary/aromatic N) is 5. The largest absolute Gasteiger partial charge is 0.481 e. The van der Waals surface area contributed by atoms with Crippen molar-refractivity contribution < 1.29 is 9.90 Å². The van der Waals surface area contributed by atoms with Gasteiger partial charge >= 0.3 is 5.97 Å². The van der Waals surface area contributed by atoms with Crippen molar-refractivity contribution in [3.63, 3.8) is 0 Å². The molecule has 1 atom stereocenters. The average Bonchev–Trinajstić information content (AvgIpc) is 2.83. The zero-order valence-corrected chi connectivity index (χ0v) is 11.5. The number of carbonyl (C=O) groups is 1. The van der Waals surface area contributed by atoms with Crippen LogP contribution in [0.4, 0.5) is 5.82 Å². The second-order valence-corrected chi connectivity index (χ2v) is 5.22. The lowest BCUT2D eigenvalue weighted by atomic mass is 9.94. The van der Waals surface area contributed by atoms with Gasteiger partial charge in [-0.2, -0.15) is 4.52 Å². The van der Waals surface area contributed by atoms with Gasteiger partial charge in [0.1, 0.15) is 5.82 Å². The van der Waals surface area contributed by atoms with E-state index in [2.05, 4.69) is 39.7 Å². The van der Waals surface area contributed by atoms with Crippen molar-refractivity contribution in [3.05, 3.63) is 12.4 Å². The van der Waals surface area contributed by atoms with Crippen molar-refractivity contribution >= 4 is 17.4 Å². The molecule has 0 saturated carbocycles. The SMILES string of the molecule is CC(C)CC(CNc1cncc2nnnn12)CC(=O)O. The van der Waals surface area contributed by atoms with Gasteiger partial charge < -0.3 is 10.4 Å². The van der Waals surface area contributed by atoms with E-state index in [9.17, 15) is 4.79 Å². The molecule has 0 saturated heterocycles. The predicted octanol–water partition coefficient (Wildman–Crippen LogP) is 1.07. The fourth-order valence-electron chi connectivity index (χ4n) is 2.20. The number of aromatic nitrogens is 5. The third kappa shape index (κ3) is 3.62. The van der Waals surface area contributed by atoms with Crippen molar-refractivity contribution in [2.45, 2.75) is 26.7 Å². The van der Waals surface area contributed by atoms with Crippen LogP contribution in [0.2, 0.25) is 0 Å². The molecule has 0 aliphatic carbocycles. The van der Waals surface area contributed by atoms with Gasteiger partial charge in [0.2, 0.25) is 0 Å². The molecule has 0 radical (unpaired) electrons. The van der Waals surface area contributed by atoms with Crippen molar-refractivity contribution in [3.8, 4) is 0 Å². The first-order valence-electron chi connectivity index (χ1n) is 6.54. The van der Waals surface area contributed by atoms with E-state index in [0.717, 1.165) is 6.42 Å². The summed E-state index contributed by atoms with van der Waals surface area (Å²) in [7, 11) is 0. The highest BCUT2D eigenvalue weighted by Crippen LogP contribution is 2.17. The lowest BCUT2D eigenvalue weighted by Gasteiger charge is -2.18. The van der Waals surface area contributed by atoms with Crippen LogP contribution in [0.1, 0.15) is 26.7 Å². The molecule has 0 amide bonds. The fourth-order valence-corrected chi connectivity index (χ4v) is 2.20. The highest BCUT2D eigenvalue weighted by atomic mass is 16.4. The number of anilines is 1. The maximum atomic E-state index is 10.9. The third-order valence-electron chi connectivity index (χ3n) is 2.95. The van der Waals surface area contributed by atoms with E-state index in [4.69, 9.17) is 5.11 Å². The molecule has 0 fully saturated rings. The van der Waals surface area contributed by atoms with Gasteiger partial charge in [-0.05, 0) is 28.7 Å². The van der Waals surface area contributed by atoms with E-state index in [-0.39, 0.29) is 12.3 Å². The van der Waals surface area contributed by atoms with E-state index < -0.39 is 5.97 Å². The molecule has 2 N–H and O–H groups in total. The Hall–Kier alpha value is -2.25. The zero-order chi connectivity index (χ0) is 14.5. The summed E-state index contributed by atoms with van der Waals surface area (Å²) in [6.07, 6.45) is 4.17. The summed E-state index contributed by atoms with van der Waals surface area (Å²) < 4.78 is 1.54. The van der Waals surface area contributed by atoms with Gasteiger partial charge in [-0.25, -0.2) is 0 Å². The van der Waals surface area contributed by atoms with E-state index in [1.54, 1.807) is 16.9 Å². The Bertz CT molecular complexity index is 582. The quantitative estimate of drug-likeness (QED) is 0.780. The summed E-state index contributed by atoms with van der Waals surface area (Å²) in [5.74, 6) is 0.380. The van der Waals surface area contributed by atoms with Crippen molar-refractivity contribution in [1.29, 1.82) is 0 Å². The van der Waals surface area contributed by atoms with E-state index in [0.29, 0.717) is 23.9 Å². The summed E-state index contributed by atoms with van der Waals surface area (Å²) >= 11 is 0. The Morgan fingerprint density at radius 1 is 1.45 bits per heavy atom. The topological polar surface area (TPSA) is 105 Å². The normalized spacial score (nSPS) is 12.8. The summed E-state index contributed by atoms with van der Waals surface area (Å²) in [6.45, 7) is 4.71. The fraction of sp³-hybridized carbons (Fsp3) is 0.583. The Morgan fingerprint density at radius 2 is 2.25 bits per heavy atom. The van der Waals surface area contributed by atoms with Gasteiger partial charge in [0, 0.05) is 13.0 Å². The van der Waals surface area contributed by atoms with E-state index >= 15 is 0 Å². The number of nitrogens with one attached hydrogen (secondary N) is 1. The zero-order valence-electron chi connectivity index (χ0n) is 11.5. The summed E-state index contributed by atoms with van der Waals surface area (Å²) in [6, 6.07) is 0. The Labute approximate surface area is 116 Å². The Kier molecular flexibility index (Phi) is 4.44. The molecule has 0 spiro atoms. The van der Waals surface area contributed by atoms with Crippen LogP contribution in [0.3, 0.4) is 0 Å². The third-order valence-corrected chi connectivity index (χ3v) is 2.95. The van der Waals surface area contributed by atoms with Gasteiger partial charge in [0.05, 0.1) is 12.4 Å². The smallest absolute Gasteiger partial charge is 0.303 e. The molecule has 108 valence electrons. The minimum absolute atomic E-state index is 0.0548. The second-order valence-electron chi connectivity index (χ2n) is 5.22. The molecule has 8 heteroatoms. The number of fused-ring (bicyclic) bond motifs is 1. The molecular weight excluding hydrogens is 260 g/mol. The van der Waals surface area contributed by atoms with Crippen LogP contribution in [0, 0.1) is 11.8 Å². The number of hydrogen-bond acceptors (Lipinski definition) is 6. The molecule has 2 aromatic rings. The molecule has 2 rings (SSSR count). The second kappa shape index (κ2) is 6.27. The first-order valence-corrected chi connectivity index (χ1v) is 6.54.